The summed E-state index contributed by atoms with van der Waals surface area (Å²) >= 11 is 0. The Balaban J connectivity index is 2.27. The Morgan fingerprint density at radius 2 is 1.83 bits per heavy atom. The Hall–Kier alpha value is -0.0400. The molecule has 0 aromatic carbocycles. The summed E-state index contributed by atoms with van der Waals surface area (Å²) in [6.45, 7) is 7.52. The quantitative estimate of drug-likeness (QED) is 0.637. The lowest BCUT2D eigenvalue weighted by molar-refractivity contribution is 0.129. The first kappa shape index (κ1) is 8.55. The van der Waals surface area contributed by atoms with Crippen LogP contribution in [0.4, 0.5) is 0 Å². The zero-order valence-corrected chi connectivity index (χ0v) is 8.38. The van der Waals surface area contributed by atoms with Crippen LogP contribution in [0.25, 0.3) is 0 Å². The molecule has 4 unspecified atom stereocenters. The van der Waals surface area contributed by atoms with E-state index in [0.717, 1.165) is 17.8 Å². The van der Waals surface area contributed by atoms with Crippen molar-refractivity contribution < 1.29 is 5.11 Å². The number of hydrogen-bond acceptors (Lipinski definition) is 1. The molecule has 2 bridgehead atoms. The first-order chi connectivity index (χ1) is 5.59. The monoisotopic (exact) mass is 168 g/mol. The Bertz CT molecular complexity index is 185. The Morgan fingerprint density at radius 3 is 2.17 bits per heavy atom. The van der Waals surface area contributed by atoms with E-state index in [4.69, 9.17) is 0 Å². The highest BCUT2D eigenvalue weighted by Crippen LogP contribution is 2.62. The van der Waals surface area contributed by atoms with E-state index in [2.05, 4.69) is 20.8 Å². The maximum atomic E-state index is 9.29. The topological polar surface area (TPSA) is 20.2 Å². The molecule has 0 radical (unpaired) electrons. The van der Waals surface area contributed by atoms with Crippen LogP contribution in [0.3, 0.4) is 0 Å². The van der Waals surface area contributed by atoms with Gasteiger partial charge >= 0.3 is 0 Å². The van der Waals surface area contributed by atoms with Crippen molar-refractivity contribution in [3.8, 4) is 0 Å². The number of fused-ring (bicyclic) bond motifs is 2. The van der Waals surface area contributed by atoms with Gasteiger partial charge in [-0.1, -0.05) is 20.8 Å². The van der Waals surface area contributed by atoms with Crippen molar-refractivity contribution >= 4 is 0 Å². The molecule has 0 aromatic heterocycles. The fourth-order valence-corrected chi connectivity index (χ4v) is 4.04. The summed E-state index contributed by atoms with van der Waals surface area (Å²) in [5, 5.41) is 9.29. The number of hydrogen-bond donors (Lipinski definition) is 1. The molecular formula is C11H20O. The lowest BCUT2D eigenvalue weighted by Crippen LogP contribution is -2.23. The second-order valence-corrected chi connectivity index (χ2v) is 5.32. The maximum absolute atomic E-state index is 9.29. The van der Waals surface area contributed by atoms with Crippen molar-refractivity contribution in [1.29, 1.82) is 0 Å². The van der Waals surface area contributed by atoms with Crippen LogP contribution < -0.4 is 0 Å². The third-order valence-electron chi connectivity index (χ3n) is 4.74. The standard InChI is InChI=1S/C11H20O/c1-7-8(6-12)10-5-4-9(7)11(10,2)3/h7-10,12H,4-6H2,1-3H3. The SMILES string of the molecule is CC1C(CO)C2CCC1C2(C)C. The summed E-state index contributed by atoms with van der Waals surface area (Å²) in [4.78, 5) is 0. The predicted molar refractivity (Wildman–Crippen MR) is 49.7 cm³/mol. The first-order valence-corrected chi connectivity index (χ1v) is 5.20. The molecule has 0 heterocycles. The van der Waals surface area contributed by atoms with E-state index in [-0.39, 0.29) is 0 Å². The van der Waals surface area contributed by atoms with E-state index in [0.29, 0.717) is 17.9 Å². The Labute approximate surface area is 75.2 Å². The van der Waals surface area contributed by atoms with Crippen molar-refractivity contribution in [2.24, 2.45) is 29.1 Å². The fourth-order valence-electron chi connectivity index (χ4n) is 4.04. The lowest BCUT2D eigenvalue weighted by Gasteiger charge is -2.26. The molecule has 0 spiro atoms. The average molecular weight is 168 g/mol. The highest BCUT2D eigenvalue weighted by atomic mass is 16.3. The molecule has 1 heteroatoms. The van der Waals surface area contributed by atoms with Gasteiger partial charge in [0, 0.05) is 6.61 Å². The normalized spacial score (nSPS) is 50.0. The average Bonchev–Trinajstić information content (AvgIpc) is 2.38. The largest absolute Gasteiger partial charge is 0.396 e. The minimum atomic E-state index is 0.408. The van der Waals surface area contributed by atoms with Gasteiger partial charge in [-0.25, -0.2) is 0 Å². The van der Waals surface area contributed by atoms with Crippen molar-refractivity contribution in [3.63, 3.8) is 0 Å². The molecule has 2 aliphatic rings. The maximum Gasteiger partial charge on any atom is 0.0464 e. The van der Waals surface area contributed by atoms with Crippen LogP contribution in [0.2, 0.25) is 0 Å². The highest BCUT2D eigenvalue weighted by Gasteiger charge is 2.56. The van der Waals surface area contributed by atoms with Gasteiger partial charge in [0.1, 0.15) is 0 Å². The third-order valence-corrected chi connectivity index (χ3v) is 4.74. The van der Waals surface area contributed by atoms with Gasteiger partial charge in [-0.05, 0) is 41.9 Å². The van der Waals surface area contributed by atoms with Gasteiger partial charge < -0.3 is 5.11 Å². The summed E-state index contributed by atoms with van der Waals surface area (Å²) in [7, 11) is 0. The van der Waals surface area contributed by atoms with Crippen LogP contribution >= 0.6 is 0 Å². The fraction of sp³-hybridized carbons (Fsp3) is 1.00. The van der Waals surface area contributed by atoms with E-state index in [1.165, 1.54) is 12.8 Å². The van der Waals surface area contributed by atoms with Crippen LogP contribution in [0.1, 0.15) is 33.6 Å². The summed E-state index contributed by atoms with van der Waals surface area (Å²) < 4.78 is 0. The molecule has 12 heavy (non-hydrogen) atoms. The number of aliphatic hydroxyl groups excluding tert-OH is 1. The van der Waals surface area contributed by atoms with Crippen LogP contribution in [0.15, 0.2) is 0 Å². The van der Waals surface area contributed by atoms with E-state index < -0.39 is 0 Å². The van der Waals surface area contributed by atoms with Gasteiger partial charge in [-0.2, -0.15) is 0 Å². The zero-order valence-electron chi connectivity index (χ0n) is 8.38. The van der Waals surface area contributed by atoms with Crippen molar-refractivity contribution in [1.82, 2.24) is 0 Å². The molecular weight excluding hydrogens is 148 g/mol. The van der Waals surface area contributed by atoms with Crippen LogP contribution in [0.5, 0.6) is 0 Å². The molecule has 1 nitrogen and oxygen atoms in total. The smallest absolute Gasteiger partial charge is 0.0464 e. The van der Waals surface area contributed by atoms with Gasteiger partial charge in [0.25, 0.3) is 0 Å². The molecule has 0 aliphatic heterocycles. The Morgan fingerprint density at radius 1 is 1.25 bits per heavy atom. The van der Waals surface area contributed by atoms with Crippen LogP contribution in [-0.4, -0.2) is 11.7 Å². The van der Waals surface area contributed by atoms with E-state index >= 15 is 0 Å². The summed E-state index contributed by atoms with van der Waals surface area (Å²) in [5.74, 6) is 3.02. The molecule has 2 rings (SSSR count). The molecule has 0 saturated heterocycles. The molecule has 0 amide bonds. The van der Waals surface area contributed by atoms with E-state index in [9.17, 15) is 5.11 Å². The predicted octanol–water partition coefficient (Wildman–Crippen LogP) is 2.30. The first-order valence-electron chi connectivity index (χ1n) is 5.20. The molecule has 4 atom stereocenters. The van der Waals surface area contributed by atoms with Gasteiger partial charge in [-0.3, -0.25) is 0 Å². The van der Waals surface area contributed by atoms with Crippen molar-refractivity contribution in [2.75, 3.05) is 6.61 Å². The number of aliphatic hydroxyl groups is 1. The van der Waals surface area contributed by atoms with E-state index in [1.54, 1.807) is 0 Å². The van der Waals surface area contributed by atoms with Gasteiger partial charge in [-0.15, -0.1) is 0 Å². The van der Waals surface area contributed by atoms with Crippen LogP contribution in [-0.2, 0) is 0 Å². The molecule has 0 aromatic rings. The van der Waals surface area contributed by atoms with Gasteiger partial charge in [0.15, 0.2) is 0 Å². The van der Waals surface area contributed by atoms with E-state index in [1.807, 2.05) is 0 Å². The van der Waals surface area contributed by atoms with Gasteiger partial charge in [0.2, 0.25) is 0 Å². The van der Waals surface area contributed by atoms with Gasteiger partial charge in [0.05, 0.1) is 0 Å². The lowest BCUT2D eigenvalue weighted by atomic mass is 9.80. The summed E-state index contributed by atoms with van der Waals surface area (Å²) in [6.07, 6.45) is 2.75. The van der Waals surface area contributed by atoms with Crippen molar-refractivity contribution in [2.45, 2.75) is 33.6 Å². The second-order valence-electron chi connectivity index (χ2n) is 5.32. The third kappa shape index (κ3) is 0.834. The molecule has 2 saturated carbocycles. The zero-order chi connectivity index (χ0) is 8.93. The molecule has 2 fully saturated rings. The minimum absolute atomic E-state index is 0.408. The molecule has 2 aliphatic carbocycles. The highest BCUT2D eigenvalue weighted by molar-refractivity contribution is 5.05. The van der Waals surface area contributed by atoms with Crippen LogP contribution in [0, 0.1) is 29.1 Å². The Kier molecular flexibility index (Phi) is 1.76. The summed E-state index contributed by atoms with van der Waals surface area (Å²) in [5.41, 5.74) is 0.507. The number of rotatable bonds is 1. The molecule has 1 N–H and O–H groups in total. The van der Waals surface area contributed by atoms with Crippen molar-refractivity contribution in [3.05, 3.63) is 0 Å². The minimum Gasteiger partial charge on any atom is -0.396 e. The summed E-state index contributed by atoms with van der Waals surface area (Å²) in [6, 6.07) is 0. The second kappa shape index (κ2) is 2.47. The molecule has 70 valence electrons.